The van der Waals surface area contributed by atoms with Crippen molar-refractivity contribution in [2.45, 2.75) is 44.2 Å². The molecule has 1 unspecified atom stereocenters. The largest absolute Gasteiger partial charge is 0.508 e. The Hall–Kier alpha value is -4.31. The van der Waals surface area contributed by atoms with E-state index in [0.29, 0.717) is 17.1 Å². The van der Waals surface area contributed by atoms with Gasteiger partial charge in [-0.3, -0.25) is 24.6 Å². The van der Waals surface area contributed by atoms with Crippen LogP contribution in [0.2, 0.25) is 5.02 Å². The van der Waals surface area contributed by atoms with E-state index in [4.69, 9.17) is 21.1 Å². The number of methoxy groups -OCH3 is 2. The summed E-state index contributed by atoms with van der Waals surface area (Å²) in [5.74, 6) is -0.596. The van der Waals surface area contributed by atoms with E-state index in [1.807, 2.05) is 0 Å². The number of phenols is 1. The van der Waals surface area contributed by atoms with Crippen molar-refractivity contribution in [2.24, 2.45) is 0 Å². The number of ether oxygens (including phenoxy) is 2. The Bertz CT molecular complexity index is 1390. The second-order valence-electron chi connectivity index (χ2n) is 9.47. The smallest absolute Gasteiger partial charge is 0.283 e. The molecule has 1 aliphatic rings. The van der Waals surface area contributed by atoms with Gasteiger partial charge in [-0.1, -0.05) is 43.0 Å². The maximum Gasteiger partial charge on any atom is 0.283 e. The molecule has 10 nitrogen and oxygen atoms in total. The standard InChI is InChI=1S/C29H30ClN3O7/c1-39-25-15-11-21(17-26(25)40-2)32(29(36)23-14-10-19(30)16-24(23)33(37)38)27(18-8-12-22(34)13-9-18)28(35)31-20-6-4-3-5-7-20/h8-17,20,27,34H,3-7H2,1-2H3,(H,31,35). The third kappa shape index (κ3) is 6.28. The maximum atomic E-state index is 14.3. The number of hydrogen-bond acceptors (Lipinski definition) is 7. The number of benzene rings is 3. The fourth-order valence-corrected chi connectivity index (χ4v) is 5.09. The van der Waals surface area contributed by atoms with Gasteiger partial charge >= 0.3 is 0 Å². The number of amides is 2. The molecule has 1 aliphatic carbocycles. The van der Waals surface area contributed by atoms with Crippen LogP contribution < -0.4 is 19.7 Å². The minimum Gasteiger partial charge on any atom is -0.508 e. The summed E-state index contributed by atoms with van der Waals surface area (Å²) in [6.07, 6.45) is 4.65. The van der Waals surface area contributed by atoms with Crippen molar-refractivity contribution in [1.29, 1.82) is 0 Å². The van der Waals surface area contributed by atoms with Gasteiger partial charge in [0.1, 0.15) is 17.4 Å². The molecular formula is C29H30ClN3O7. The van der Waals surface area contributed by atoms with E-state index < -0.39 is 28.5 Å². The molecule has 1 atom stereocenters. The van der Waals surface area contributed by atoms with Gasteiger partial charge in [0.05, 0.1) is 19.1 Å². The van der Waals surface area contributed by atoms with Gasteiger partial charge in [0.25, 0.3) is 11.6 Å². The fourth-order valence-electron chi connectivity index (χ4n) is 4.93. The number of phenolic OH excluding ortho intramolecular Hbond substituents is 1. The zero-order valence-corrected chi connectivity index (χ0v) is 22.9. The predicted molar refractivity (Wildman–Crippen MR) is 150 cm³/mol. The van der Waals surface area contributed by atoms with Gasteiger partial charge in [0.15, 0.2) is 11.5 Å². The van der Waals surface area contributed by atoms with Crippen LogP contribution in [0.15, 0.2) is 60.7 Å². The highest BCUT2D eigenvalue weighted by atomic mass is 35.5. The number of halogens is 1. The Balaban J connectivity index is 1.91. The number of nitro groups is 1. The lowest BCUT2D eigenvalue weighted by atomic mass is 9.94. The molecule has 1 saturated carbocycles. The van der Waals surface area contributed by atoms with Crippen LogP contribution in [0, 0.1) is 10.1 Å². The molecule has 2 amide bonds. The number of nitrogens with one attached hydrogen (secondary N) is 1. The molecule has 210 valence electrons. The van der Waals surface area contributed by atoms with E-state index in [9.17, 15) is 24.8 Å². The average molecular weight is 568 g/mol. The third-order valence-corrected chi connectivity index (χ3v) is 7.15. The van der Waals surface area contributed by atoms with E-state index in [1.54, 1.807) is 12.1 Å². The first-order valence-electron chi connectivity index (χ1n) is 12.8. The lowest BCUT2D eigenvalue weighted by Gasteiger charge is -2.33. The zero-order valence-electron chi connectivity index (χ0n) is 22.1. The molecule has 3 aromatic rings. The van der Waals surface area contributed by atoms with Crippen molar-refractivity contribution < 1.29 is 29.1 Å². The van der Waals surface area contributed by atoms with E-state index in [1.165, 1.54) is 61.6 Å². The molecule has 0 aromatic heterocycles. The summed E-state index contributed by atoms with van der Waals surface area (Å²) in [5.41, 5.74) is -0.117. The molecular weight excluding hydrogens is 538 g/mol. The van der Waals surface area contributed by atoms with E-state index in [-0.39, 0.29) is 28.1 Å². The summed E-state index contributed by atoms with van der Waals surface area (Å²) < 4.78 is 10.8. The highest BCUT2D eigenvalue weighted by Crippen LogP contribution is 2.38. The molecule has 0 saturated heterocycles. The molecule has 11 heteroatoms. The number of nitro benzene ring substituents is 1. The van der Waals surface area contributed by atoms with Crippen molar-refractivity contribution in [2.75, 3.05) is 19.1 Å². The van der Waals surface area contributed by atoms with Crippen LogP contribution >= 0.6 is 11.6 Å². The van der Waals surface area contributed by atoms with Gasteiger partial charge in [0.2, 0.25) is 5.91 Å². The van der Waals surface area contributed by atoms with Crippen LogP contribution in [0.4, 0.5) is 11.4 Å². The summed E-state index contributed by atoms with van der Waals surface area (Å²) in [6, 6.07) is 13.0. The van der Waals surface area contributed by atoms with Crippen LogP contribution in [0.5, 0.6) is 17.2 Å². The number of carbonyl (C=O) groups is 2. The summed E-state index contributed by atoms with van der Waals surface area (Å²) in [5, 5.41) is 25.0. The number of anilines is 1. The van der Waals surface area contributed by atoms with Crippen molar-refractivity contribution in [3.05, 3.63) is 86.9 Å². The van der Waals surface area contributed by atoms with Gasteiger partial charge in [0, 0.05) is 28.9 Å². The summed E-state index contributed by atoms with van der Waals surface area (Å²) >= 11 is 6.02. The van der Waals surface area contributed by atoms with Gasteiger partial charge in [-0.15, -0.1) is 0 Å². The second-order valence-corrected chi connectivity index (χ2v) is 9.91. The first-order chi connectivity index (χ1) is 19.2. The van der Waals surface area contributed by atoms with Crippen LogP contribution in [0.3, 0.4) is 0 Å². The molecule has 0 radical (unpaired) electrons. The van der Waals surface area contributed by atoms with Gasteiger partial charge in [-0.05, 0) is 54.8 Å². The SMILES string of the molecule is COc1ccc(N(C(=O)c2ccc(Cl)cc2[N+](=O)[O-])C(C(=O)NC2CCCCC2)c2ccc(O)cc2)cc1OC. The summed E-state index contributed by atoms with van der Waals surface area (Å²) in [4.78, 5) is 40.7. The minimum absolute atomic E-state index is 0.0208. The van der Waals surface area contributed by atoms with Crippen LogP contribution in [-0.4, -0.2) is 42.1 Å². The normalized spacial score (nSPS) is 14.2. The summed E-state index contributed by atoms with van der Waals surface area (Å²) in [6.45, 7) is 0. The second kappa shape index (κ2) is 12.7. The molecule has 1 fully saturated rings. The molecule has 3 aromatic carbocycles. The molecule has 0 spiro atoms. The molecule has 4 rings (SSSR count). The van der Waals surface area contributed by atoms with E-state index in [2.05, 4.69) is 5.32 Å². The number of nitrogens with zero attached hydrogens (tertiary/aromatic N) is 2. The first-order valence-corrected chi connectivity index (χ1v) is 13.2. The highest BCUT2D eigenvalue weighted by Gasteiger charge is 2.37. The van der Waals surface area contributed by atoms with Crippen LogP contribution in [-0.2, 0) is 4.79 Å². The third-order valence-electron chi connectivity index (χ3n) is 6.92. The van der Waals surface area contributed by atoms with Crippen molar-refractivity contribution in [1.82, 2.24) is 5.32 Å². The van der Waals surface area contributed by atoms with Gasteiger partial charge < -0.3 is 19.9 Å². The predicted octanol–water partition coefficient (Wildman–Crippen LogP) is 5.81. The van der Waals surface area contributed by atoms with Crippen molar-refractivity contribution in [3.63, 3.8) is 0 Å². The average Bonchev–Trinajstić information content (AvgIpc) is 2.96. The Kier molecular flexibility index (Phi) is 9.11. The Morgan fingerprint density at radius 1 is 1.00 bits per heavy atom. The van der Waals surface area contributed by atoms with Crippen molar-refractivity contribution >= 4 is 34.8 Å². The topological polar surface area (TPSA) is 131 Å². The number of rotatable bonds is 9. The number of aromatic hydroxyl groups is 1. The van der Waals surface area contributed by atoms with Gasteiger partial charge in [-0.25, -0.2) is 0 Å². The molecule has 2 N–H and O–H groups in total. The first kappa shape index (κ1) is 28.7. The Labute approximate surface area is 236 Å². The maximum absolute atomic E-state index is 14.3. The lowest BCUT2D eigenvalue weighted by Crippen LogP contribution is -2.47. The molecule has 0 aliphatic heterocycles. The quantitative estimate of drug-likeness (QED) is 0.246. The fraction of sp³-hybridized carbons (Fsp3) is 0.310. The number of hydrogen-bond donors (Lipinski definition) is 2. The zero-order chi connectivity index (χ0) is 28.8. The highest BCUT2D eigenvalue weighted by molar-refractivity contribution is 6.31. The summed E-state index contributed by atoms with van der Waals surface area (Å²) in [7, 11) is 2.90. The van der Waals surface area contributed by atoms with Crippen LogP contribution in [0.25, 0.3) is 0 Å². The number of carbonyl (C=O) groups excluding carboxylic acids is 2. The molecule has 0 bridgehead atoms. The van der Waals surface area contributed by atoms with Gasteiger partial charge in [-0.2, -0.15) is 0 Å². The minimum atomic E-state index is -1.25. The van der Waals surface area contributed by atoms with E-state index in [0.717, 1.165) is 38.2 Å². The van der Waals surface area contributed by atoms with E-state index >= 15 is 0 Å². The monoisotopic (exact) mass is 567 g/mol. The Morgan fingerprint density at radius 3 is 2.30 bits per heavy atom. The Morgan fingerprint density at radius 2 is 1.68 bits per heavy atom. The molecule has 0 heterocycles. The van der Waals surface area contributed by atoms with Crippen molar-refractivity contribution in [3.8, 4) is 17.2 Å². The van der Waals surface area contributed by atoms with Crippen LogP contribution in [0.1, 0.15) is 54.1 Å². The molecule has 40 heavy (non-hydrogen) atoms. The lowest BCUT2D eigenvalue weighted by molar-refractivity contribution is -0.385.